The molecule has 0 aliphatic heterocycles. The largest absolute Gasteiger partial charge is 0.350 e. The van der Waals surface area contributed by atoms with E-state index < -0.39 is 5.41 Å². The fraction of sp³-hybridized carbons (Fsp3) is 0.300. The fourth-order valence-electron chi connectivity index (χ4n) is 2.37. The molecule has 5 heteroatoms. The van der Waals surface area contributed by atoms with Crippen molar-refractivity contribution in [3.8, 4) is 0 Å². The van der Waals surface area contributed by atoms with Crippen molar-refractivity contribution >= 4 is 29.1 Å². The lowest BCUT2D eigenvalue weighted by Crippen LogP contribution is -2.35. The molecule has 4 nitrogen and oxygen atoms in total. The van der Waals surface area contributed by atoms with Crippen molar-refractivity contribution in [1.82, 2.24) is 5.32 Å². The maximum Gasteiger partial charge on any atom is 0.251 e. The number of hydrogen-bond acceptors (Lipinski definition) is 2. The van der Waals surface area contributed by atoms with Crippen LogP contribution in [0.15, 0.2) is 48.5 Å². The molecule has 0 radical (unpaired) electrons. The molecule has 2 aromatic rings. The monoisotopic (exact) mass is 358 g/mol. The second-order valence-electron chi connectivity index (χ2n) is 6.77. The quantitative estimate of drug-likeness (QED) is 0.832. The van der Waals surface area contributed by atoms with Crippen LogP contribution < -0.4 is 10.6 Å². The van der Waals surface area contributed by atoms with Crippen LogP contribution in [-0.2, 0) is 10.2 Å². The zero-order valence-electron chi connectivity index (χ0n) is 14.9. The predicted molar refractivity (Wildman–Crippen MR) is 102 cm³/mol. The maximum absolute atomic E-state index is 12.8. The van der Waals surface area contributed by atoms with E-state index in [9.17, 15) is 9.59 Å². The first kappa shape index (κ1) is 19.0. The first-order valence-corrected chi connectivity index (χ1v) is 8.57. The Morgan fingerprint density at radius 2 is 1.68 bits per heavy atom. The van der Waals surface area contributed by atoms with Gasteiger partial charge in [-0.1, -0.05) is 41.9 Å². The van der Waals surface area contributed by atoms with Crippen LogP contribution in [0.2, 0.25) is 5.02 Å². The van der Waals surface area contributed by atoms with E-state index in [0.29, 0.717) is 16.3 Å². The minimum Gasteiger partial charge on any atom is -0.350 e. The summed E-state index contributed by atoms with van der Waals surface area (Å²) in [6, 6.07) is 14.4. The summed E-state index contributed by atoms with van der Waals surface area (Å²) >= 11 is 6.20. The van der Waals surface area contributed by atoms with Gasteiger partial charge in [0.2, 0.25) is 5.91 Å². The third-order valence-corrected chi connectivity index (χ3v) is 4.29. The van der Waals surface area contributed by atoms with Crippen LogP contribution in [0.5, 0.6) is 0 Å². The van der Waals surface area contributed by atoms with Crippen LogP contribution in [0, 0.1) is 0 Å². The lowest BCUT2D eigenvalue weighted by Gasteiger charge is -2.24. The Balaban J connectivity index is 2.24. The molecule has 0 saturated heterocycles. The lowest BCUT2D eigenvalue weighted by atomic mass is 9.83. The summed E-state index contributed by atoms with van der Waals surface area (Å²) in [4.78, 5) is 24.9. The number of rotatable bonds is 5. The van der Waals surface area contributed by atoms with Crippen LogP contribution in [0.3, 0.4) is 0 Å². The molecule has 2 aromatic carbocycles. The Morgan fingerprint density at radius 1 is 1.04 bits per heavy atom. The number of nitrogens with one attached hydrogen (secondary N) is 2. The van der Waals surface area contributed by atoms with Crippen LogP contribution in [-0.4, -0.2) is 17.9 Å². The number of benzene rings is 2. The van der Waals surface area contributed by atoms with Crippen LogP contribution in [0.4, 0.5) is 5.69 Å². The van der Waals surface area contributed by atoms with Gasteiger partial charge >= 0.3 is 0 Å². The highest BCUT2D eigenvalue weighted by Gasteiger charge is 2.30. The summed E-state index contributed by atoms with van der Waals surface area (Å²) < 4.78 is 0. The van der Waals surface area contributed by atoms with Gasteiger partial charge in [-0.05, 0) is 51.5 Å². The van der Waals surface area contributed by atoms with Gasteiger partial charge in [-0.15, -0.1) is 0 Å². The minimum absolute atomic E-state index is 0.0261. The van der Waals surface area contributed by atoms with Gasteiger partial charge in [0.15, 0.2) is 0 Å². The van der Waals surface area contributed by atoms with Crippen molar-refractivity contribution in [3.63, 3.8) is 0 Å². The molecule has 2 N–H and O–H groups in total. The van der Waals surface area contributed by atoms with Crippen molar-refractivity contribution in [2.24, 2.45) is 0 Å². The second kappa shape index (κ2) is 7.70. The SMILES string of the molecule is CC(C)NC(=O)c1ccc(Cl)c(NC(=O)C(C)(C)c2ccccc2)c1. The van der Waals surface area contributed by atoms with Crippen LogP contribution in [0.25, 0.3) is 0 Å². The molecular formula is C20H23ClN2O2. The Kier molecular flexibility index (Phi) is 5.85. The summed E-state index contributed by atoms with van der Waals surface area (Å²) in [5.41, 5.74) is 1.04. The standard InChI is InChI=1S/C20H23ClN2O2/c1-13(2)22-18(24)14-10-11-16(21)17(12-14)23-19(25)20(3,4)15-8-6-5-7-9-15/h5-13H,1-4H3,(H,22,24)(H,23,25). The Bertz CT molecular complexity index is 771. The zero-order valence-corrected chi connectivity index (χ0v) is 15.6. The lowest BCUT2D eigenvalue weighted by molar-refractivity contribution is -0.120. The first-order chi connectivity index (χ1) is 11.7. The van der Waals surface area contributed by atoms with E-state index in [1.54, 1.807) is 18.2 Å². The van der Waals surface area contributed by atoms with E-state index in [0.717, 1.165) is 5.56 Å². The Morgan fingerprint density at radius 3 is 2.28 bits per heavy atom. The second-order valence-corrected chi connectivity index (χ2v) is 7.18. The molecule has 0 aliphatic rings. The normalized spacial score (nSPS) is 11.3. The number of halogens is 1. The van der Waals surface area contributed by atoms with Gasteiger partial charge in [-0.3, -0.25) is 9.59 Å². The number of hydrogen-bond donors (Lipinski definition) is 2. The van der Waals surface area contributed by atoms with Crippen molar-refractivity contribution in [1.29, 1.82) is 0 Å². The van der Waals surface area contributed by atoms with E-state index in [4.69, 9.17) is 11.6 Å². The van der Waals surface area contributed by atoms with Gasteiger partial charge < -0.3 is 10.6 Å². The first-order valence-electron chi connectivity index (χ1n) is 8.19. The third kappa shape index (κ3) is 4.60. The molecule has 0 aromatic heterocycles. The third-order valence-electron chi connectivity index (χ3n) is 3.96. The molecule has 132 valence electrons. The van der Waals surface area contributed by atoms with E-state index in [-0.39, 0.29) is 17.9 Å². The molecule has 0 bridgehead atoms. The molecule has 0 atom stereocenters. The molecule has 25 heavy (non-hydrogen) atoms. The van der Waals surface area contributed by atoms with E-state index in [1.165, 1.54) is 0 Å². The summed E-state index contributed by atoms with van der Waals surface area (Å²) in [5.74, 6) is -0.397. The summed E-state index contributed by atoms with van der Waals surface area (Å²) in [6.45, 7) is 7.47. The van der Waals surface area contributed by atoms with E-state index >= 15 is 0 Å². The van der Waals surface area contributed by atoms with Gasteiger partial charge in [0.25, 0.3) is 5.91 Å². The number of carbonyl (C=O) groups is 2. The number of carbonyl (C=O) groups excluding carboxylic acids is 2. The van der Waals surface area contributed by atoms with Crippen LogP contribution in [0.1, 0.15) is 43.6 Å². The smallest absolute Gasteiger partial charge is 0.251 e. The van der Waals surface area contributed by atoms with Crippen molar-refractivity contribution in [2.45, 2.75) is 39.2 Å². The zero-order chi connectivity index (χ0) is 18.6. The summed E-state index contributed by atoms with van der Waals surface area (Å²) in [6.07, 6.45) is 0. The molecule has 0 aliphatic carbocycles. The van der Waals surface area contributed by atoms with Crippen molar-refractivity contribution in [2.75, 3.05) is 5.32 Å². The predicted octanol–water partition coefficient (Wildman–Crippen LogP) is 4.39. The maximum atomic E-state index is 12.8. The van der Waals surface area contributed by atoms with E-state index in [2.05, 4.69) is 10.6 Å². The Labute approximate surface area is 153 Å². The van der Waals surface area contributed by atoms with Gasteiger partial charge in [0.1, 0.15) is 0 Å². The highest BCUT2D eigenvalue weighted by atomic mass is 35.5. The fourth-order valence-corrected chi connectivity index (χ4v) is 2.54. The number of amides is 2. The number of anilines is 1. The Hall–Kier alpha value is -2.33. The van der Waals surface area contributed by atoms with Gasteiger partial charge in [0.05, 0.1) is 16.1 Å². The summed E-state index contributed by atoms with van der Waals surface area (Å²) in [5, 5.41) is 6.05. The molecule has 2 amide bonds. The van der Waals surface area contributed by atoms with E-state index in [1.807, 2.05) is 58.0 Å². The average molecular weight is 359 g/mol. The van der Waals surface area contributed by atoms with Gasteiger partial charge in [-0.25, -0.2) is 0 Å². The van der Waals surface area contributed by atoms with Crippen molar-refractivity contribution in [3.05, 3.63) is 64.7 Å². The average Bonchev–Trinajstić information content (AvgIpc) is 2.56. The van der Waals surface area contributed by atoms with Crippen molar-refractivity contribution < 1.29 is 9.59 Å². The molecular weight excluding hydrogens is 336 g/mol. The highest BCUT2D eigenvalue weighted by molar-refractivity contribution is 6.34. The molecule has 2 rings (SSSR count). The summed E-state index contributed by atoms with van der Waals surface area (Å²) in [7, 11) is 0. The topological polar surface area (TPSA) is 58.2 Å². The molecule has 0 heterocycles. The molecule has 0 saturated carbocycles. The molecule has 0 fully saturated rings. The molecule has 0 unspecified atom stereocenters. The molecule has 0 spiro atoms. The highest BCUT2D eigenvalue weighted by Crippen LogP contribution is 2.28. The van der Waals surface area contributed by atoms with Crippen LogP contribution >= 0.6 is 11.6 Å². The van der Waals surface area contributed by atoms with Gasteiger partial charge in [-0.2, -0.15) is 0 Å². The minimum atomic E-state index is -0.735. The van der Waals surface area contributed by atoms with Gasteiger partial charge in [0, 0.05) is 11.6 Å².